The number of benzene rings is 1. The Balaban J connectivity index is 1.57. The third-order valence-corrected chi connectivity index (χ3v) is 4.04. The van der Waals surface area contributed by atoms with E-state index in [9.17, 15) is 4.79 Å². The molecule has 4 heteroatoms. The molecule has 0 saturated carbocycles. The quantitative estimate of drug-likeness (QED) is 0.828. The van der Waals surface area contributed by atoms with Gasteiger partial charge in [-0.1, -0.05) is 30.3 Å². The van der Waals surface area contributed by atoms with Crippen LogP contribution >= 0.6 is 0 Å². The molecule has 1 aromatic rings. The maximum absolute atomic E-state index is 12.2. The molecular weight excluding hydrogens is 240 g/mol. The number of carbonyl (C=O) groups is 1. The molecule has 102 valence electrons. The molecule has 3 rings (SSSR count). The average Bonchev–Trinajstić information content (AvgIpc) is 2.94. The first-order chi connectivity index (χ1) is 9.34. The van der Waals surface area contributed by atoms with Crippen LogP contribution < -0.4 is 5.32 Å². The molecule has 2 unspecified atom stereocenters. The summed E-state index contributed by atoms with van der Waals surface area (Å²) in [6.07, 6.45) is 2.28. The first-order valence-electron chi connectivity index (χ1n) is 7.02. The summed E-state index contributed by atoms with van der Waals surface area (Å²) in [5.41, 5.74) is 1.04. The topological polar surface area (TPSA) is 41.6 Å². The van der Waals surface area contributed by atoms with Gasteiger partial charge in [0.05, 0.1) is 0 Å². The maximum Gasteiger partial charge on any atom is 0.325 e. The zero-order chi connectivity index (χ0) is 13.1. The van der Waals surface area contributed by atoms with Crippen LogP contribution in [0.15, 0.2) is 30.3 Å². The van der Waals surface area contributed by atoms with Gasteiger partial charge in [0.25, 0.3) is 0 Å². The number of carbonyl (C=O) groups excluding carboxylic acids is 1. The van der Waals surface area contributed by atoms with Crippen LogP contribution in [0.2, 0.25) is 0 Å². The third kappa shape index (κ3) is 2.80. The van der Waals surface area contributed by atoms with Gasteiger partial charge in [-0.05, 0) is 24.9 Å². The lowest BCUT2D eigenvalue weighted by atomic mass is 10.0. The molecule has 4 nitrogen and oxygen atoms in total. The van der Waals surface area contributed by atoms with Gasteiger partial charge in [0.15, 0.2) is 0 Å². The van der Waals surface area contributed by atoms with Gasteiger partial charge in [0.2, 0.25) is 0 Å². The Morgan fingerprint density at radius 2 is 2.16 bits per heavy atom. The molecule has 2 fully saturated rings. The highest BCUT2D eigenvalue weighted by atomic mass is 16.5. The number of nitrogens with one attached hydrogen (secondary N) is 1. The maximum atomic E-state index is 12.2. The second kappa shape index (κ2) is 5.72. The van der Waals surface area contributed by atoms with Gasteiger partial charge >= 0.3 is 5.97 Å². The second-order valence-corrected chi connectivity index (χ2v) is 5.27. The lowest BCUT2D eigenvalue weighted by Gasteiger charge is -2.35. The van der Waals surface area contributed by atoms with Gasteiger partial charge in [-0.3, -0.25) is 9.69 Å². The van der Waals surface area contributed by atoms with Gasteiger partial charge < -0.3 is 10.1 Å². The second-order valence-electron chi connectivity index (χ2n) is 5.27. The first kappa shape index (κ1) is 12.6. The Bertz CT molecular complexity index is 435. The van der Waals surface area contributed by atoms with Gasteiger partial charge in [-0.2, -0.15) is 0 Å². The number of esters is 1. The average molecular weight is 260 g/mol. The number of nitrogens with zero attached hydrogens (tertiary/aromatic N) is 1. The molecule has 0 amide bonds. The highest BCUT2D eigenvalue weighted by molar-refractivity contribution is 5.77. The SMILES string of the molecule is O=C(OCc1ccccc1)C1NCCN2CCCC12. The van der Waals surface area contributed by atoms with E-state index < -0.39 is 0 Å². The van der Waals surface area contributed by atoms with Gasteiger partial charge in [-0.25, -0.2) is 0 Å². The summed E-state index contributed by atoms with van der Waals surface area (Å²) in [4.78, 5) is 14.6. The van der Waals surface area contributed by atoms with Crippen molar-refractivity contribution in [1.29, 1.82) is 0 Å². The Morgan fingerprint density at radius 1 is 1.32 bits per heavy atom. The smallest absolute Gasteiger partial charge is 0.325 e. The van der Waals surface area contributed by atoms with E-state index in [1.807, 2.05) is 30.3 Å². The van der Waals surface area contributed by atoms with E-state index in [0.29, 0.717) is 12.6 Å². The van der Waals surface area contributed by atoms with Crippen LogP contribution in [0.3, 0.4) is 0 Å². The summed E-state index contributed by atoms with van der Waals surface area (Å²) < 4.78 is 5.45. The minimum Gasteiger partial charge on any atom is -0.460 e. The van der Waals surface area contributed by atoms with E-state index in [1.165, 1.54) is 6.42 Å². The molecule has 2 saturated heterocycles. The standard InChI is InChI=1S/C15H20N2O2/c18-15(19-11-12-5-2-1-3-6-12)14-13-7-4-9-17(13)10-8-16-14/h1-3,5-6,13-14,16H,4,7-11H2. The molecule has 1 aromatic carbocycles. The zero-order valence-corrected chi connectivity index (χ0v) is 11.0. The highest BCUT2D eigenvalue weighted by Crippen LogP contribution is 2.23. The van der Waals surface area contributed by atoms with Crippen molar-refractivity contribution in [3.05, 3.63) is 35.9 Å². The Labute approximate surface area is 113 Å². The van der Waals surface area contributed by atoms with E-state index >= 15 is 0 Å². The van der Waals surface area contributed by atoms with Gasteiger partial charge in [0, 0.05) is 19.1 Å². The van der Waals surface area contributed by atoms with Crippen LogP contribution in [-0.4, -0.2) is 42.6 Å². The molecular formula is C15H20N2O2. The molecule has 0 radical (unpaired) electrons. The molecule has 0 aromatic heterocycles. The predicted octanol–water partition coefficient (Wildman–Crippen LogP) is 1.17. The van der Waals surface area contributed by atoms with E-state index in [1.54, 1.807) is 0 Å². The molecule has 2 aliphatic heterocycles. The van der Waals surface area contributed by atoms with Gasteiger partial charge in [-0.15, -0.1) is 0 Å². The van der Waals surface area contributed by atoms with Crippen molar-refractivity contribution in [1.82, 2.24) is 10.2 Å². The van der Waals surface area contributed by atoms with Crippen LogP contribution in [0.4, 0.5) is 0 Å². The number of piperazine rings is 1. The number of hydrogen-bond acceptors (Lipinski definition) is 4. The van der Waals surface area contributed by atoms with Crippen molar-refractivity contribution in [3.63, 3.8) is 0 Å². The number of ether oxygens (including phenoxy) is 1. The molecule has 2 atom stereocenters. The Morgan fingerprint density at radius 3 is 3.00 bits per heavy atom. The van der Waals surface area contributed by atoms with Crippen LogP contribution in [-0.2, 0) is 16.1 Å². The van der Waals surface area contributed by atoms with Crippen molar-refractivity contribution in [2.45, 2.75) is 31.5 Å². The molecule has 2 heterocycles. The lowest BCUT2D eigenvalue weighted by Crippen LogP contribution is -2.58. The van der Waals surface area contributed by atoms with Crippen molar-refractivity contribution >= 4 is 5.97 Å². The summed E-state index contributed by atoms with van der Waals surface area (Å²) in [6, 6.07) is 10.0. The van der Waals surface area contributed by atoms with E-state index in [0.717, 1.165) is 31.6 Å². The first-order valence-corrected chi connectivity index (χ1v) is 7.02. The van der Waals surface area contributed by atoms with E-state index in [4.69, 9.17) is 4.74 Å². The number of fused-ring (bicyclic) bond motifs is 1. The number of hydrogen-bond donors (Lipinski definition) is 1. The Kier molecular flexibility index (Phi) is 3.80. The monoisotopic (exact) mass is 260 g/mol. The fraction of sp³-hybridized carbons (Fsp3) is 0.533. The highest BCUT2D eigenvalue weighted by Gasteiger charge is 2.39. The van der Waals surface area contributed by atoms with Crippen LogP contribution in [0.25, 0.3) is 0 Å². The minimum atomic E-state index is -0.153. The summed E-state index contributed by atoms with van der Waals surface area (Å²) in [7, 11) is 0. The molecule has 2 aliphatic rings. The zero-order valence-electron chi connectivity index (χ0n) is 11.0. The fourth-order valence-corrected chi connectivity index (χ4v) is 3.07. The molecule has 19 heavy (non-hydrogen) atoms. The summed E-state index contributed by atoms with van der Waals surface area (Å²) in [5.74, 6) is -0.111. The third-order valence-electron chi connectivity index (χ3n) is 4.04. The predicted molar refractivity (Wildman–Crippen MR) is 72.6 cm³/mol. The van der Waals surface area contributed by atoms with Crippen LogP contribution in [0.5, 0.6) is 0 Å². The fourth-order valence-electron chi connectivity index (χ4n) is 3.07. The van der Waals surface area contributed by atoms with Crippen molar-refractivity contribution in [3.8, 4) is 0 Å². The minimum absolute atomic E-state index is 0.111. The van der Waals surface area contributed by atoms with Crippen molar-refractivity contribution in [2.24, 2.45) is 0 Å². The summed E-state index contributed by atoms with van der Waals surface area (Å²) in [6.45, 7) is 3.41. The summed E-state index contributed by atoms with van der Waals surface area (Å²) in [5, 5.41) is 3.31. The Hall–Kier alpha value is -1.39. The summed E-state index contributed by atoms with van der Waals surface area (Å²) >= 11 is 0. The van der Waals surface area contributed by atoms with Crippen LogP contribution in [0.1, 0.15) is 18.4 Å². The molecule has 1 N–H and O–H groups in total. The van der Waals surface area contributed by atoms with Crippen molar-refractivity contribution in [2.75, 3.05) is 19.6 Å². The van der Waals surface area contributed by atoms with Crippen molar-refractivity contribution < 1.29 is 9.53 Å². The molecule has 0 bridgehead atoms. The van der Waals surface area contributed by atoms with E-state index in [-0.39, 0.29) is 12.0 Å². The van der Waals surface area contributed by atoms with E-state index in [2.05, 4.69) is 10.2 Å². The molecule has 0 spiro atoms. The van der Waals surface area contributed by atoms with Crippen LogP contribution in [0, 0.1) is 0 Å². The van der Waals surface area contributed by atoms with Gasteiger partial charge in [0.1, 0.15) is 12.6 Å². The normalized spacial score (nSPS) is 26.9. The largest absolute Gasteiger partial charge is 0.460 e. The molecule has 0 aliphatic carbocycles. The number of rotatable bonds is 3. The lowest BCUT2D eigenvalue weighted by molar-refractivity contribution is -0.150.